The molecule has 0 saturated carbocycles. The van der Waals surface area contributed by atoms with Gasteiger partial charge < -0.3 is 4.42 Å². The van der Waals surface area contributed by atoms with E-state index >= 15 is 0 Å². The van der Waals surface area contributed by atoms with Gasteiger partial charge in [0.1, 0.15) is 5.69 Å². The summed E-state index contributed by atoms with van der Waals surface area (Å²) in [4.78, 5) is 4.42. The van der Waals surface area contributed by atoms with E-state index in [9.17, 15) is 0 Å². The highest BCUT2D eigenvalue weighted by atomic mass is 16.4. The van der Waals surface area contributed by atoms with Crippen LogP contribution in [0, 0.1) is 6.92 Å². The zero-order valence-corrected chi connectivity index (χ0v) is 9.34. The molecule has 4 heteroatoms. The largest absolute Gasteiger partial charge is 0.434 e. The van der Waals surface area contributed by atoms with Crippen LogP contribution in [-0.2, 0) is 0 Å². The number of nitrogens with one attached hydrogen (secondary N) is 1. The maximum atomic E-state index is 5.76. The van der Waals surface area contributed by atoms with Gasteiger partial charge in [-0.05, 0) is 25.1 Å². The number of nitrogens with zero attached hydrogens (tertiary/aromatic N) is 2. The Morgan fingerprint density at radius 1 is 1.12 bits per heavy atom. The molecule has 2 heterocycles. The van der Waals surface area contributed by atoms with E-state index in [4.69, 9.17) is 4.42 Å². The molecule has 84 valence electrons. The average molecular weight is 225 g/mol. The molecule has 0 atom stereocenters. The van der Waals surface area contributed by atoms with Crippen LogP contribution in [0.5, 0.6) is 0 Å². The van der Waals surface area contributed by atoms with Gasteiger partial charge in [-0.1, -0.05) is 18.2 Å². The van der Waals surface area contributed by atoms with Gasteiger partial charge in [0.2, 0.25) is 5.89 Å². The van der Waals surface area contributed by atoms with Gasteiger partial charge in [-0.3, -0.25) is 5.10 Å². The van der Waals surface area contributed by atoms with E-state index in [1.807, 2.05) is 43.3 Å². The summed E-state index contributed by atoms with van der Waals surface area (Å²) in [6.07, 6.45) is 1.69. The molecule has 0 amide bonds. The van der Waals surface area contributed by atoms with Crippen molar-refractivity contribution in [1.82, 2.24) is 15.2 Å². The first-order chi connectivity index (χ1) is 8.34. The van der Waals surface area contributed by atoms with E-state index in [0.29, 0.717) is 5.89 Å². The standard InChI is InChI=1S/C13H11N3O/c1-9-12(11-7-8-14-16-11)17-13(15-9)10-5-3-2-4-6-10/h2-8H,1H3,(H,14,16). The Kier molecular flexibility index (Phi) is 2.26. The van der Waals surface area contributed by atoms with Crippen LogP contribution in [0.2, 0.25) is 0 Å². The lowest BCUT2D eigenvalue weighted by Crippen LogP contribution is -1.78. The molecule has 2 aromatic heterocycles. The predicted molar refractivity (Wildman–Crippen MR) is 64.3 cm³/mol. The normalized spacial score (nSPS) is 10.6. The van der Waals surface area contributed by atoms with Gasteiger partial charge in [0.05, 0.1) is 5.69 Å². The van der Waals surface area contributed by atoms with Crippen LogP contribution in [0.3, 0.4) is 0 Å². The van der Waals surface area contributed by atoms with E-state index in [1.54, 1.807) is 6.20 Å². The van der Waals surface area contributed by atoms with Crippen LogP contribution < -0.4 is 0 Å². The van der Waals surface area contributed by atoms with Crippen molar-refractivity contribution in [2.75, 3.05) is 0 Å². The van der Waals surface area contributed by atoms with Crippen molar-refractivity contribution >= 4 is 0 Å². The molecule has 0 aliphatic heterocycles. The summed E-state index contributed by atoms with van der Waals surface area (Å²) in [6, 6.07) is 11.7. The van der Waals surface area contributed by atoms with Crippen molar-refractivity contribution in [3.05, 3.63) is 48.3 Å². The number of aryl methyl sites for hydroxylation is 1. The number of aromatic amines is 1. The summed E-state index contributed by atoms with van der Waals surface area (Å²) in [5.41, 5.74) is 2.67. The Hall–Kier alpha value is -2.36. The van der Waals surface area contributed by atoms with E-state index in [0.717, 1.165) is 22.7 Å². The molecule has 0 bridgehead atoms. The first-order valence-corrected chi connectivity index (χ1v) is 5.37. The summed E-state index contributed by atoms with van der Waals surface area (Å²) in [7, 11) is 0. The highest BCUT2D eigenvalue weighted by Crippen LogP contribution is 2.27. The van der Waals surface area contributed by atoms with Crippen molar-refractivity contribution in [3.8, 4) is 22.9 Å². The zero-order chi connectivity index (χ0) is 11.7. The number of hydrogen-bond acceptors (Lipinski definition) is 3. The van der Waals surface area contributed by atoms with E-state index < -0.39 is 0 Å². The lowest BCUT2D eigenvalue weighted by Gasteiger charge is -1.93. The van der Waals surface area contributed by atoms with Crippen LogP contribution in [0.15, 0.2) is 47.0 Å². The van der Waals surface area contributed by atoms with Gasteiger partial charge in [-0.25, -0.2) is 4.98 Å². The maximum absolute atomic E-state index is 5.76. The second-order valence-electron chi connectivity index (χ2n) is 3.77. The molecule has 1 aromatic carbocycles. The summed E-state index contributed by atoms with van der Waals surface area (Å²) in [6.45, 7) is 1.92. The minimum absolute atomic E-state index is 0.632. The monoisotopic (exact) mass is 225 g/mol. The predicted octanol–water partition coefficient (Wildman–Crippen LogP) is 3.04. The molecule has 3 aromatic rings. The Morgan fingerprint density at radius 2 is 1.94 bits per heavy atom. The lowest BCUT2D eigenvalue weighted by molar-refractivity contribution is 0.585. The van der Waals surface area contributed by atoms with Gasteiger partial charge >= 0.3 is 0 Å². The van der Waals surface area contributed by atoms with Crippen LogP contribution >= 0.6 is 0 Å². The Balaban J connectivity index is 2.08. The van der Waals surface area contributed by atoms with Gasteiger partial charge in [0.15, 0.2) is 5.76 Å². The third-order valence-corrected chi connectivity index (χ3v) is 2.56. The fourth-order valence-electron chi connectivity index (χ4n) is 1.73. The van der Waals surface area contributed by atoms with E-state index in [-0.39, 0.29) is 0 Å². The van der Waals surface area contributed by atoms with Gasteiger partial charge in [0, 0.05) is 11.8 Å². The molecular weight excluding hydrogens is 214 g/mol. The summed E-state index contributed by atoms with van der Waals surface area (Å²) in [5.74, 6) is 1.37. The molecule has 0 saturated heterocycles. The second-order valence-corrected chi connectivity index (χ2v) is 3.77. The maximum Gasteiger partial charge on any atom is 0.227 e. The topological polar surface area (TPSA) is 54.7 Å². The summed E-state index contributed by atoms with van der Waals surface area (Å²) < 4.78 is 5.76. The number of H-pyrrole nitrogens is 1. The third kappa shape index (κ3) is 1.73. The van der Waals surface area contributed by atoms with Crippen LogP contribution in [-0.4, -0.2) is 15.2 Å². The fourth-order valence-corrected chi connectivity index (χ4v) is 1.73. The number of oxazole rings is 1. The Morgan fingerprint density at radius 3 is 2.65 bits per heavy atom. The highest BCUT2D eigenvalue weighted by molar-refractivity contribution is 5.60. The molecule has 0 aliphatic rings. The van der Waals surface area contributed by atoms with Gasteiger partial charge in [-0.15, -0.1) is 0 Å². The molecule has 0 unspecified atom stereocenters. The molecule has 3 rings (SSSR count). The summed E-state index contributed by atoms with van der Waals surface area (Å²) >= 11 is 0. The highest BCUT2D eigenvalue weighted by Gasteiger charge is 2.13. The average Bonchev–Trinajstić information content (AvgIpc) is 2.99. The van der Waals surface area contributed by atoms with Crippen molar-refractivity contribution in [1.29, 1.82) is 0 Å². The molecular formula is C13H11N3O. The van der Waals surface area contributed by atoms with Gasteiger partial charge in [0.25, 0.3) is 0 Å². The van der Waals surface area contributed by atoms with Crippen LogP contribution in [0.25, 0.3) is 22.9 Å². The van der Waals surface area contributed by atoms with Crippen molar-refractivity contribution in [2.45, 2.75) is 6.92 Å². The van der Waals surface area contributed by atoms with Crippen molar-refractivity contribution < 1.29 is 4.42 Å². The Bertz CT molecular complexity index is 611. The molecule has 0 spiro atoms. The molecule has 17 heavy (non-hydrogen) atoms. The number of aromatic nitrogens is 3. The smallest absolute Gasteiger partial charge is 0.227 e. The number of benzene rings is 1. The lowest BCUT2D eigenvalue weighted by atomic mass is 10.2. The molecule has 0 radical (unpaired) electrons. The van der Waals surface area contributed by atoms with Gasteiger partial charge in [-0.2, -0.15) is 5.10 Å². The van der Waals surface area contributed by atoms with Crippen LogP contribution in [0.4, 0.5) is 0 Å². The van der Waals surface area contributed by atoms with Crippen LogP contribution in [0.1, 0.15) is 5.69 Å². The third-order valence-electron chi connectivity index (χ3n) is 2.56. The minimum atomic E-state index is 0.632. The second kappa shape index (κ2) is 3.90. The van der Waals surface area contributed by atoms with Crippen molar-refractivity contribution in [3.63, 3.8) is 0 Å². The molecule has 4 nitrogen and oxygen atoms in total. The molecule has 0 aliphatic carbocycles. The number of rotatable bonds is 2. The fraction of sp³-hybridized carbons (Fsp3) is 0.0769. The molecule has 0 fully saturated rings. The Labute approximate surface area is 98.3 Å². The van der Waals surface area contributed by atoms with Crippen molar-refractivity contribution in [2.24, 2.45) is 0 Å². The summed E-state index contributed by atoms with van der Waals surface area (Å²) in [5, 5.41) is 6.78. The zero-order valence-electron chi connectivity index (χ0n) is 9.34. The minimum Gasteiger partial charge on any atom is -0.434 e. The van der Waals surface area contributed by atoms with E-state index in [1.165, 1.54) is 0 Å². The quantitative estimate of drug-likeness (QED) is 0.729. The molecule has 1 N–H and O–H groups in total. The first kappa shape index (κ1) is 9.84. The number of hydrogen-bond donors (Lipinski definition) is 1. The van der Waals surface area contributed by atoms with E-state index in [2.05, 4.69) is 15.2 Å². The first-order valence-electron chi connectivity index (χ1n) is 5.37. The SMILES string of the molecule is Cc1nc(-c2ccccc2)oc1-c1ccn[nH]1.